The first-order valence-electron chi connectivity index (χ1n) is 0.595. The average molecular weight is 97.4 g/mol. The lowest BCUT2D eigenvalue weighted by Crippen LogP contribution is -1.04. The first-order chi connectivity index (χ1) is 1.91. The number of nitrogens with zero attached hydrogens (tertiary/aromatic N) is 1. The Hall–Kier alpha value is 0.320. The smallest absolute Gasteiger partial charge is 0.145 e. The highest BCUT2D eigenvalue weighted by Crippen LogP contribution is 2.14. The molecule has 4 heavy (non-hydrogen) atoms. The van der Waals surface area contributed by atoms with Crippen LogP contribution in [0.1, 0.15) is 0 Å². The van der Waals surface area contributed by atoms with E-state index in [4.69, 9.17) is 16.1 Å². The van der Waals surface area contributed by atoms with Crippen molar-refractivity contribution in [3.63, 3.8) is 0 Å². The molecule has 0 amide bonds. The van der Waals surface area contributed by atoms with E-state index in [2.05, 4.69) is 4.95 Å². The Bertz CT molecular complexity index is 22.0. The summed E-state index contributed by atoms with van der Waals surface area (Å²) in [6, 6.07) is 0. The molecule has 0 aromatic rings. The fourth-order valence-corrected chi connectivity index (χ4v) is 0. The minimum atomic E-state index is -0.318. The van der Waals surface area contributed by atoms with Crippen LogP contribution in [0.2, 0.25) is 0 Å². The Labute approximate surface area is 30.1 Å². The molecule has 0 saturated heterocycles. The minimum Gasteiger partial charge on any atom is -0.146 e. The van der Waals surface area contributed by atoms with E-state index in [1.54, 1.807) is 0 Å². The molecule has 4 heteroatoms. The van der Waals surface area contributed by atoms with Gasteiger partial charge in [-0.2, -0.15) is 0 Å². The third-order valence-corrected chi connectivity index (χ3v) is 0.311. The number of hydrogen-bond donors (Lipinski definition) is 0. The largest absolute Gasteiger partial charge is 0.146 e. The van der Waals surface area contributed by atoms with Crippen LogP contribution in [0.25, 0.3) is 0 Å². The molecule has 0 spiro atoms. The lowest BCUT2D eigenvalue weighted by Gasteiger charge is -1.49. The van der Waals surface area contributed by atoms with E-state index in [0.29, 0.717) is 0 Å². The topological polar surface area (TPSA) is 29.4 Å². The van der Waals surface area contributed by atoms with Gasteiger partial charge < -0.3 is 0 Å². The molecule has 0 saturated carbocycles. The van der Waals surface area contributed by atoms with Crippen LogP contribution in [0.5, 0.6) is 0 Å². The quantitative estimate of drug-likeness (QED) is 0.360. The standard InChI is InChI=1S/ClHNOP/c1-4-2-3/h4H. The molecular weight excluding hydrogens is 96.4 g/mol. The maximum Gasteiger partial charge on any atom is 0.145 e. The molecule has 0 N–H and O–H groups in total. The molecule has 0 aromatic carbocycles. The van der Waals surface area contributed by atoms with Gasteiger partial charge in [0, 0.05) is 0 Å². The summed E-state index contributed by atoms with van der Waals surface area (Å²) in [4.78, 5) is 11.1. The fraction of sp³-hybridized carbons (Fsp3) is 0. The molecule has 0 rings (SSSR count). The summed E-state index contributed by atoms with van der Waals surface area (Å²) in [6.07, 6.45) is 0. The molecule has 0 radical (unpaired) electrons. The van der Waals surface area contributed by atoms with Gasteiger partial charge in [0.25, 0.3) is 0 Å². The zero-order valence-corrected chi connectivity index (χ0v) is 3.49. The molecule has 0 aromatic heterocycles. The molecule has 0 aliphatic rings. The van der Waals surface area contributed by atoms with E-state index in [-0.39, 0.29) is 8.08 Å². The van der Waals surface area contributed by atoms with E-state index in [9.17, 15) is 0 Å². The summed E-state index contributed by atoms with van der Waals surface area (Å²) in [5, 5.41) is 0. The Morgan fingerprint density at radius 3 is 2.25 bits per heavy atom. The summed E-state index contributed by atoms with van der Waals surface area (Å²) < 4.78 is 0. The van der Waals surface area contributed by atoms with Crippen molar-refractivity contribution in [2.75, 3.05) is 0 Å². The Morgan fingerprint density at radius 1 is 2.00 bits per heavy atom. The van der Waals surface area contributed by atoms with Crippen molar-refractivity contribution in [2.24, 2.45) is 4.95 Å². The second-order valence-electron chi connectivity index (χ2n) is 0.176. The van der Waals surface area contributed by atoms with Gasteiger partial charge in [-0.1, -0.05) is 11.2 Å². The number of nitroso groups, excluding NO2 is 1. The van der Waals surface area contributed by atoms with E-state index >= 15 is 0 Å². The van der Waals surface area contributed by atoms with Gasteiger partial charge >= 0.3 is 0 Å². The highest BCUT2D eigenvalue weighted by atomic mass is 35.7. The van der Waals surface area contributed by atoms with Gasteiger partial charge in [-0.15, -0.1) is 4.91 Å². The van der Waals surface area contributed by atoms with Gasteiger partial charge in [0.1, 0.15) is 8.08 Å². The molecule has 0 fully saturated rings. The first kappa shape index (κ1) is 4.32. The Morgan fingerprint density at radius 2 is 2.25 bits per heavy atom. The maximum absolute atomic E-state index is 8.80. The molecule has 0 bridgehead atoms. The van der Waals surface area contributed by atoms with Gasteiger partial charge in [0.05, 0.1) is 0 Å². The molecule has 1 unspecified atom stereocenters. The van der Waals surface area contributed by atoms with Crippen molar-refractivity contribution in [2.45, 2.75) is 0 Å². The van der Waals surface area contributed by atoms with Crippen LogP contribution < -0.4 is 0 Å². The van der Waals surface area contributed by atoms with Crippen molar-refractivity contribution >= 4 is 19.3 Å². The normalized spacial score (nSPS) is 9.25. The zero-order valence-electron chi connectivity index (χ0n) is 1.73. The van der Waals surface area contributed by atoms with Crippen molar-refractivity contribution in [3.8, 4) is 0 Å². The lowest BCUT2D eigenvalue weighted by atomic mass is 13.7. The molecular formula is HClNOP. The van der Waals surface area contributed by atoms with E-state index in [1.807, 2.05) is 0 Å². The predicted octanol–water partition coefficient (Wildman–Crippen LogP) is 1.50. The average Bonchev–Trinajstić information content (AvgIpc) is 1.37. The predicted molar refractivity (Wildman–Crippen MR) is 20.0 cm³/mol. The molecule has 0 heterocycles. The summed E-state index contributed by atoms with van der Waals surface area (Å²) >= 11 is 4.73. The van der Waals surface area contributed by atoms with Crippen LogP contribution >= 0.6 is 19.3 Å². The Kier molecular flexibility index (Phi) is 3.59. The third kappa shape index (κ3) is 2.32. The van der Waals surface area contributed by atoms with Crippen LogP contribution in [0.4, 0.5) is 0 Å². The monoisotopic (exact) mass is 96.9 g/mol. The maximum atomic E-state index is 8.80. The number of rotatable bonds is 1. The second kappa shape index (κ2) is 3.32. The SMILES string of the molecule is O=NPCl. The summed E-state index contributed by atoms with van der Waals surface area (Å²) in [5.41, 5.74) is 0. The van der Waals surface area contributed by atoms with E-state index in [0.717, 1.165) is 0 Å². The minimum absolute atomic E-state index is 0.318. The first-order valence-corrected chi connectivity index (χ1v) is 2.55. The number of halogens is 1. The fourth-order valence-electron chi connectivity index (χ4n) is 0. The zero-order chi connectivity index (χ0) is 3.41. The third-order valence-electron chi connectivity index (χ3n) is 0.0345. The lowest BCUT2D eigenvalue weighted by molar-refractivity contribution is 1.88. The summed E-state index contributed by atoms with van der Waals surface area (Å²) in [6.45, 7) is 0. The van der Waals surface area contributed by atoms with E-state index in [1.165, 1.54) is 0 Å². The van der Waals surface area contributed by atoms with Gasteiger partial charge in [-0.05, 0) is 4.95 Å². The van der Waals surface area contributed by atoms with Crippen LogP contribution in [-0.2, 0) is 0 Å². The van der Waals surface area contributed by atoms with Crippen molar-refractivity contribution in [3.05, 3.63) is 4.91 Å². The van der Waals surface area contributed by atoms with Gasteiger partial charge in [-0.3, -0.25) is 0 Å². The molecule has 24 valence electrons. The van der Waals surface area contributed by atoms with Crippen LogP contribution in [0.15, 0.2) is 4.95 Å². The van der Waals surface area contributed by atoms with Crippen molar-refractivity contribution in [1.29, 1.82) is 0 Å². The van der Waals surface area contributed by atoms with Crippen molar-refractivity contribution < 1.29 is 0 Å². The van der Waals surface area contributed by atoms with Crippen LogP contribution in [0.3, 0.4) is 0 Å². The molecule has 2 nitrogen and oxygen atoms in total. The summed E-state index contributed by atoms with van der Waals surface area (Å²) in [5.74, 6) is 0. The van der Waals surface area contributed by atoms with Crippen molar-refractivity contribution in [1.82, 2.24) is 0 Å². The molecule has 0 aliphatic heterocycles. The van der Waals surface area contributed by atoms with Gasteiger partial charge in [0.2, 0.25) is 0 Å². The van der Waals surface area contributed by atoms with Crippen LogP contribution in [-0.4, -0.2) is 0 Å². The van der Waals surface area contributed by atoms with Gasteiger partial charge in [0.15, 0.2) is 0 Å². The van der Waals surface area contributed by atoms with E-state index < -0.39 is 0 Å². The molecule has 0 aliphatic carbocycles. The Balaban J connectivity index is 2.30. The summed E-state index contributed by atoms with van der Waals surface area (Å²) in [7, 11) is -0.318. The highest BCUT2D eigenvalue weighted by molar-refractivity contribution is 7.67. The van der Waals surface area contributed by atoms with Gasteiger partial charge in [-0.25, -0.2) is 0 Å². The number of hydrogen-bond acceptors (Lipinski definition) is 2. The molecule has 1 atom stereocenters. The second-order valence-corrected chi connectivity index (χ2v) is 1.03. The highest BCUT2D eigenvalue weighted by Gasteiger charge is 1.55. The van der Waals surface area contributed by atoms with Crippen LogP contribution in [0, 0.1) is 4.91 Å².